The van der Waals surface area contributed by atoms with Gasteiger partial charge < -0.3 is 15.4 Å². The van der Waals surface area contributed by atoms with Crippen LogP contribution in [-0.4, -0.2) is 23.1 Å². The van der Waals surface area contributed by atoms with Crippen LogP contribution in [0.25, 0.3) is 0 Å². The van der Waals surface area contributed by atoms with E-state index in [1.54, 1.807) is 0 Å². The fourth-order valence-corrected chi connectivity index (χ4v) is 2.09. The summed E-state index contributed by atoms with van der Waals surface area (Å²) in [6.07, 6.45) is 0. The van der Waals surface area contributed by atoms with Crippen molar-refractivity contribution in [3.63, 3.8) is 0 Å². The minimum Gasteiger partial charge on any atom is -0.423 e. The lowest BCUT2D eigenvalue weighted by molar-refractivity contribution is 0.102. The van der Waals surface area contributed by atoms with Crippen molar-refractivity contribution in [2.45, 2.75) is 13.8 Å². The normalized spacial score (nSPS) is 10.3. The van der Waals surface area contributed by atoms with Gasteiger partial charge in [0.1, 0.15) is 5.82 Å². The number of hydrogen-bond acceptors (Lipinski definition) is 3. The lowest BCUT2D eigenvalue weighted by atomic mass is 9.79. The molecule has 0 aliphatic rings. The zero-order chi connectivity index (χ0) is 15.6. The fourth-order valence-electron chi connectivity index (χ4n) is 2.09. The molecule has 0 spiro atoms. The standard InChI is InChI=1S/C15H15BFNO3/c1-9-4-3-5-10(2)14(9)18-15(19)11-6-12(16(20)21)8-13(17)7-11/h3-8,20-21H,1-2H3,(H,18,19). The van der Waals surface area contributed by atoms with Crippen molar-refractivity contribution in [3.05, 3.63) is 58.9 Å². The van der Waals surface area contributed by atoms with Gasteiger partial charge in [-0.1, -0.05) is 18.2 Å². The van der Waals surface area contributed by atoms with Crippen molar-refractivity contribution in [1.29, 1.82) is 0 Å². The molecule has 1 amide bonds. The van der Waals surface area contributed by atoms with Gasteiger partial charge in [-0.15, -0.1) is 0 Å². The van der Waals surface area contributed by atoms with Crippen LogP contribution in [0.3, 0.4) is 0 Å². The van der Waals surface area contributed by atoms with Gasteiger partial charge in [-0.2, -0.15) is 0 Å². The predicted molar refractivity (Wildman–Crippen MR) is 80.1 cm³/mol. The summed E-state index contributed by atoms with van der Waals surface area (Å²) in [5.74, 6) is -1.21. The number of rotatable bonds is 3. The summed E-state index contributed by atoms with van der Waals surface area (Å²) in [6.45, 7) is 3.72. The van der Waals surface area contributed by atoms with Gasteiger partial charge in [0, 0.05) is 11.3 Å². The average molecular weight is 287 g/mol. The van der Waals surface area contributed by atoms with E-state index >= 15 is 0 Å². The number of nitrogens with one attached hydrogen (secondary N) is 1. The highest BCUT2D eigenvalue weighted by atomic mass is 19.1. The Hall–Kier alpha value is -2.18. The van der Waals surface area contributed by atoms with E-state index in [-0.39, 0.29) is 11.0 Å². The van der Waals surface area contributed by atoms with Gasteiger partial charge >= 0.3 is 7.12 Å². The van der Waals surface area contributed by atoms with Crippen molar-refractivity contribution in [2.24, 2.45) is 0 Å². The van der Waals surface area contributed by atoms with E-state index in [1.165, 1.54) is 6.07 Å². The summed E-state index contributed by atoms with van der Waals surface area (Å²) in [5.41, 5.74) is 2.41. The summed E-state index contributed by atoms with van der Waals surface area (Å²) < 4.78 is 13.4. The number of anilines is 1. The molecule has 2 aromatic rings. The topological polar surface area (TPSA) is 69.6 Å². The number of halogens is 1. The van der Waals surface area contributed by atoms with E-state index in [4.69, 9.17) is 10.0 Å². The Kier molecular flexibility index (Phi) is 4.40. The molecule has 0 fully saturated rings. The predicted octanol–water partition coefficient (Wildman–Crippen LogP) is 1.37. The minimum atomic E-state index is -1.83. The number of aryl methyl sites for hydroxylation is 2. The Bertz CT molecular complexity index is 668. The van der Waals surface area contributed by atoms with Gasteiger partial charge in [0.25, 0.3) is 5.91 Å². The first-order valence-corrected chi connectivity index (χ1v) is 6.42. The Morgan fingerprint density at radius 2 is 1.76 bits per heavy atom. The summed E-state index contributed by atoms with van der Waals surface area (Å²) >= 11 is 0. The van der Waals surface area contributed by atoms with E-state index in [1.807, 2.05) is 32.0 Å². The van der Waals surface area contributed by atoms with Crippen LogP contribution >= 0.6 is 0 Å². The highest BCUT2D eigenvalue weighted by Gasteiger charge is 2.17. The molecule has 0 saturated heterocycles. The second-order valence-corrected chi connectivity index (χ2v) is 4.87. The average Bonchev–Trinajstić information content (AvgIpc) is 2.42. The van der Waals surface area contributed by atoms with Gasteiger partial charge in [-0.05, 0) is 48.6 Å². The molecule has 0 unspecified atom stereocenters. The Labute approximate surface area is 122 Å². The van der Waals surface area contributed by atoms with Gasteiger partial charge in [-0.3, -0.25) is 4.79 Å². The molecule has 21 heavy (non-hydrogen) atoms. The van der Waals surface area contributed by atoms with Crippen LogP contribution in [0.2, 0.25) is 0 Å². The molecule has 3 N–H and O–H groups in total. The van der Waals surface area contributed by atoms with Crippen molar-refractivity contribution in [1.82, 2.24) is 0 Å². The molecular formula is C15H15BFNO3. The molecule has 0 heterocycles. The molecular weight excluding hydrogens is 272 g/mol. The number of hydrogen-bond donors (Lipinski definition) is 3. The smallest absolute Gasteiger partial charge is 0.423 e. The molecule has 0 aromatic heterocycles. The van der Waals surface area contributed by atoms with Crippen molar-refractivity contribution < 1.29 is 19.2 Å². The third-order valence-electron chi connectivity index (χ3n) is 3.20. The first-order chi connectivity index (χ1) is 9.88. The van der Waals surface area contributed by atoms with Gasteiger partial charge in [0.15, 0.2) is 0 Å². The molecule has 2 rings (SSSR count). The van der Waals surface area contributed by atoms with Gasteiger partial charge in [0.05, 0.1) is 0 Å². The monoisotopic (exact) mass is 287 g/mol. The second-order valence-electron chi connectivity index (χ2n) is 4.87. The summed E-state index contributed by atoms with van der Waals surface area (Å²) in [7, 11) is -1.83. The maximum Gasteiger partial charge on any atom is 0.488 e. The molecule has 0 bridgehead atoms. The van der Waals surface area contributed by atoms with Crippen LogP contribution < -0.4 is 10.8 Å². The first kappa shape index (κ1) is 15.2. The van der Waals surface area contributed by atoms with Crippen LogP contribution in [0, 0.1) is 19.7 Å². The molecule has 2 aromatic carbocycles. The maximum atomic E-state index is 13.4. The molecule has 0 radical (unpaired) electrons. The molecule has 108 valence electrons. The summed E-state index contributed by atoms with van der Waals surface area (Å²) in [6, 6.07) is 8.86. The number of amides is 1. The highest BCUT2D eigenvalue weighted by Crippen LogP contribution is 2.20. The quantitative estimate of drug-likeness (QED) is 0.747. The highest BCUT2D eigenvalue weighted by molar-refractivity contribution is 6.58. The molecule has 0 aliphatic carbocycles. The first-order valence-electron chi connectivity index (χ1n) is 6.42. The number of para-hydroxylation sites is 1. The van der Waals surface area contributed by atoms with E-state index in [0.717, 1.165) is 23.3 Å². The van der Waals surface area contributed by atoms with Crippen LogP contribution in [-0.2, 0) is 0 Å². The maximum absolute atomic E-state index is 13.4. The fraction of sp³-hybridized carbons (Fsp3) is 0.133. The van der Waals surface area contributed by atoms with Gasteiger partial charge in [0.2, 0.25) is 0 Å². The van der Waals surface area contributed by atoms with Crippen molar-refractivity contribution in [3.8, 4) is 0 Å². The summed E-state index contributed by atoms with van der Waals surface area (Å²) in [4.78, 5) is 12.2. The Morgan fingerprint density at radius 1 is 1.14 bits per heavy atom. The lowest BCUT2D eigenvalue weighted by Crippen LogP contribution is -2.31. The summed E-state index contributed by atoms with van der Waals surface area (Å²) in [5, 5.41) is 20.9. The van der Waals surface area contributed by atoms with Crippen LogP contribution in [0.5, 0.6) is 0 Å². The van der Waals surface area contributed by atoms with Crippen LogP contribution in [0.4, 0.5) is 10.1 Å². The number of carbonyl (C=O) groups excluding carboxylic acids is 1. The second kappa shape index (κ2) is 6.07. The van der Waals surface area contributed by atoms with Crippen LogP contribution in [0.15, 0.2) is 36.4 Å². The third kappa shape index (κ3) is 3.48. The van der Waals surface area contributed by atoms with E-state index < -0.39 is 18.8 Å². The van der Waals surface area contributed by atoms with Crippen molar-refractivity contribution >= 4 is 24.2 Å². The third-order valence-corrected chi connectivity index (χ3v) is 3.20. The molecule has 0 aliphatic heterocycles. The molecule has 0 atom stereocenters. The Morgan fingerprint density at radius 3 is 2.33 bits per heavy atom. The van der Waals surface area contributed by atoms with Gasteiger partial charge in [-0.25, -0.2) is 4.39 Å². The molecule has 6 heteroatoms. The van der Waals surface area contributed by atoms with E-state index in [9.17, 15) is 9.18 Å². The molecule has 4 nitrogen and oxygen atoms in total. The Balaban J connectivity index is 2.33. The SMILES string of the molecule is Cc1cccc(C)c1NC(=O)c1cc(F)cc(B(O)O)c1. The van der Waals surface area contributed by atoms with Crippen molar-refractivity contribution in [2.75, 3.05) is 5.32 Å². The minimum absolute atomic E-state index is 0.0285. The largest absolute Gasteiger partial charge is 0.488 e. The van der Waals surface area contributed by atoms with E-state index in [0.29, 0.717) is 5.69 Å². The molecule has 0 saturated carbocycles. The number of benzene rings is 2. The van der Waals surface area contributed by atoms with Crippen LogP contribution in [0.1, 0.15) is 21.5 Å². The zero-order valence-electron chi connectivity index (χ0n) is 11.7. The number of carbonyl (C=O) groups is 1. The lowest BCUT2D eigenvalue weighted by Gasteiger charge is -2.12. The zero-order valence-corrected chi connectivity index (χ0v) is 11.7. The van der Waals surface area contributed by atoms with E-state index in [2.05, 4.69) is 5.32 Å².